The Morgan fingerprint density at radius 2 is 2.04 bits per heavy atom. The van der Waals surface area contributed by atoms with E-state index in [-0.39, 0.29) is 30.7 Å². The van der Waals surface area contributed by atoms with Gasteiger partial charge in [-0.1, -0.05) is 13.8 Å². The van der Waals surface area contributed by atoms with Gasteiger partial charge in [-0.15, -0.1) is 24.8 Å². The van der Waals surface area contributed by atoms with Gasteiger partial charge in [0.2, 0.25) is 5.91 Å². The van der Waals surface area contributed by atoms with Crippen molar-refractivity contribution in [3.05, 3.63) is 18.0 Å². The van der Waals surface area contributed by atoms with Crippen LogP contribution < -0.4 is 5.73 Å². The standard InChI is InChI=1S/C16H28N4O2.2ClH/c1-5-16(6-2,11-17)14(21)20-7-8-22-15(3,12-20)13-9-18-19(4)10-13;;/h9-10H,5-8,11-12,17H2,1-4H3;2*1H. The van der Waals surface area contributed by atoms with Gasteiger partial charge in [0, 0.05) is 31.9 Å². The quantitative estimate of drug-likeness (QED) is 0.848. The lowest BCUT2D eigenvalue weighted by atomic mass is 9.80. The zero-order valence-corrected chi connectivity index (χ0v) is 16.6. The molecule has 0 radical (unpaired) electrons. The lowest BCUT2D eigenvalue weighted by molar-refractivity contribution is -0.159. The summed E-state index contributed by atoms with van der Waals surface area (Å²) < 4.78 is 7.74. The number of aryl methyl sites for hydroxylation is 1. The summed E-state index contributed by atoms with van der Waals surface area (Å²) in [6, 6.07) is 0. The van der Waals surface area contributed by atoms with Crippen LogP contribution in [0.3, 0.4) is 0 Å². The molecular weight excluding hydrogens is 351 g/mol. The number of ether oxygens (including phenoxy) is 1. The second-order valence-corrected chi connectivity index (χ2v) is 6.40. The van der Waals surface area contributed by atoms with E-state index in [1.165, 1.54) is 0 Å². The van der Waals surface area contributed by atoms with Crippen molar-refractivity contribution in [3.63, 3.8) is 0 Å². The number of amides is 1. The van der Waals surface area contributed by atoms with E-state index < -0.39 is 11.0 Å². The summed E-state index contributed by atoms with van der Waals surface area (Å²) in [6.07, 6.45) is 5.28. The first-order chi connectivity index (χ1) is 10.4. The second-order valence-electron chi connectivity index (χ2n) is 6.40. The number of nitrogens with zero attached hydrogens (tertiary/aromatic N) is 3. The Hall–Kier alpha value is -0.820. The van der Waals surface area contributed by atoms with Crippen LogP contribution in [0.25, 0.3) is 0 Å². The number of hydrogen-bond donors (Lipinski definition) is 1. The minimum Gasteiger partial charge on any atom is -0.367 e. The molecule has 2 rings (SSSR count). The highest BCUT2D eigenvalue weighted by Crippen LogP contribution is 2.33. The molecule has 0 bridgehead atoms. The predicted octanol–water partition coefficient (Wildman–Crippen LogP) is 2.10. The highest BCUT2D eigenvalue weighted by atomic mass is 35.5. The van der Waals surface area contributed by atoms with E-state index in [1.807, 2.05) is 45.1 Å². The van der Waals surface area contributed by atoms with Crippen LogP contribution in [0.2, 0.25) is 0 Å². The van der Waals surface area contributed by atoms with E-state index in [1.54, 1.807) is 4.68 Å². The molecule has 0 saturated carbocycles. The summed E-state index contributed by atoms with van der Waals surface area (Å²) in [6.45, 7) is 8.18. The molecule has 1 aliphatic heterocycles. The monoisotopic (exact) mass is 380 g/mol. The van der Waals surface area contributed by atoms with E-state index in [0.29, 0.717) is 26.2 Å². The number of carbonyl (C=O) groups excluding carboxylic acids is 1. The molecule has 2 heterocycles. The maximum absolute atomic E-state index is 13.0. The molecule has 2 N–H and O–H groups in total. The Morgan fingerprint density at radius 1 is 1.42 bits per heavy atom. The van der Waals surface area contributed by atoms with Gasteiger partial charge in [-0.05, 0) is 19.8 Å². The normalized spacial score (nSPS) is 21.0. The highest BCUT2D eigenvalue weighted by molar-refractivity contribution is 5.85. The Morgan fingerprint density at radius 3 is 2.50 bits per heavy atom. The van der Waals surface area contributed by atoms with Crippen molar-refractivity contribution in [3.8, 4) is 0 Å². The molecule has 1 fully saturated rings. The SMILES string of the molecule is CCC(CC)(CN)C(=O)N1CCOC(C)(c2cnn(C)c2)C1.Cl.Cl. The molecule has 1 aromatic rings. The van der Waals surface area contributed by atoms with E-state index in [9.17, 15) is 4.79 Å². The smallest absolute Gasteiger partial charge is 0.230 e. The molecule has 0 spiro atoms. The summed E-state index contributed by atoms with van der Waals surface area (Å²) in [5.74, 6) is 0.151. The Balaban J connectivity index is 0.00000264. The minimum atomic E-state index is -0.510. The Bertz CT molecular complexity index is 526. The van der Waals surface area contributed by atoms with Crippen molar-refractivity contribution in [1.29, 1.82) is 0 Å². The Labute approximate surface area is 156 Å². The molecule has 0 aromatic carbocycles. The van der Waals surface area contributed by atoms with Gasteiger partial charge in [0.1, 0.15) is 5.60 Å². The number of morpholine rings is 1. The topological polar surface area (TPSA) is 73.4 Å². The van der Waals surface area contributed by atoms with Crippen molar-refractivity contribution in [1.82, 2.24) is 14.7 Å². The fourth-order valence-corrected chi connectivity index (χ4v) is 3.18. The summed E-state index contributed by atoms with van der Waals surface area (Å²) in [5, 5.41) is 4.22. The number of halogens is 2. The Kier molecular flexibility index (Phi) is 8.73. The van der Waals surface area contributed by atoms with Gasteiger partial charge in [0.25, 0.3) is 0 Å². The molecule has 6 nitrogen and oxygen atoms in total. The average Bonchev–Trinajstić information content (AvgIpc) is 2.97. The van der Waals surface area contributed by atoms with Gasteiger partial charge in [-0.3, -0.25) is 9.48 Å². The summed E-state index contributed by atoms with van der Waals surface area (Å²) >= 11 is 0. The number of carbonyl (C=O) groups is 1. The maximum Gasteiger partial charge on any atom is 0.230 e. The van der Waals surface area contributed by atoms with Gasteiger partial charge in [-0.25, -0.2) is 0 Å². The summed E-state index contributed by atoms with van der Waals surface area (Å²) in [5.41, 5.74) is 5.96. The van der Waals surface area contributed by atoms with Crippen molar-refractivity contribution < 1.29 is 9.53 Å². The third kappa shape index (κ3) is 4.23. The number of hydrogen-bond acceptors (Lipinski definition) is 4. The van der Waals surface area contributed by atoms with Crippen LogP contribution >= 0.6 is 24.8 Å². The number of rotatable bonds is 5. The third-order valence-electron chi connectivity index (χ3n) is 5.08. The van der Waals surface area contributed by atoms with Gasteiger partial charge >= 0.3 is 0 Å². The van der Waals surface area contributed by atoms with Crippen LogP contribution in [0.4, 0.5) is 0 Å². The first-order valence-corrected chi connectivity index (χ1v) is 8.03. The van der Waals surface area contributed by atoms with Gasteiger partial charge in [-0.2, -0.15) is 5.10 Å². The van der Waals surface area contributed by atoms with Crippen LogP contribution in [0.15, 0.2) is 12.4 Å². The minimum absolute atomic E-state index is 0. The van der Waals surface area contributed by atoms with Gasteiger partial charge in [0.05, 0.1) is 24.8 Å². The fourth-order valence-electron chi connectivity index (χ4n) is 3.18. The molecule has 1 aromatic heterocycles. The van der Waals surface area contributed by atoms with Crippen molar-refractivity contribution in [2.24, 2.45) is 18.2 Å². The largest absolute Gasteiger partial charge is 0.367 e. The molecular formula is C16H30Cl2N4O2. The fraction of sp³-hybridized carbons (Fsp3) is 0.750. The van der Waals surface area contributed by atoms with Gasteiger partial charge < -0.3 is 15.4 Å². The predicted molar refractivity (Wildman–Crippen MR) is 99.7 cm³/mol. The molecule has 1 unspecified atom stereocenters. The molecule has 140 valence electrons. The van der Waals surface area contributed by atoms with Crippen molar-refractivity contribution in [2.75, 3.05) is 26.2 Å². The third-order valence-corrected chi connectivity index (χ3v) is 5.08. The average molecular weight is 381 g/mol. The van der Waals surface area contributed by atoms with Crippen LogP contribution in [-0.2, 0) is 22.2 Å². The first-order valence-electron chi connectivity index (χ1n) is 8.03. The van der Waals surface area contributed by atoms with E-state index in [2.05, 4.69) is 5.10 Å². The zero-order valence-electron chi connectivity index (χ0n) is 14.9. The molecule has 1 atom stereocenters. The number of aromatic nitrogens is 2. The van der Waals surface area contributed by atoms with Crippen molar-refractivity contribution >= 4 is 30.7 Å². The molecule has 8 heteroatoms. The first kappa shape index (κ1) is 23.2. The summed E-state index contributed by atoms with van der Waals surface area (Å²) in [7, 11) is 1.88. The molecule has 1 saturated heterocycles. The summed E-state index contributed by atoms with van der Waals surface area (Å²) in [4.78, 5) is 14.9. The molecule has 24 heavy (non-hydrogen) atoms. The van der Waals surface area contributed by atoms with Crippen molar-refractivity contribution in [2.45, 2.75) is 39.2 Å². The van der Waals surface area contributed by atoms with E-state index >= 15 is 0 Å². The van der Waals surface area contributed by atoms with E-state index in [0.717, 1.165) is 18.4 Å². The van der Waals surface area contributed by atoms with E-state index in [4.69, 9.17) is 10.5 Å². The van der Waals surface area contributed by atoms with Crippen LogP contribution in [0, 0.1) is 5.41 Å². The lowest BCUT2D eigenvalue weighted by Crippen LogP contribution is -2.56. The maximum atomic E-state index is 13.0. The number of nitrogens with two attached hydrogens (primary N) is 1. The highest BCUT2D eigenvalue weighted by Gasteiger charge is 2.42. The lowest BCUT2D eigenvalue weighted by Gasteiger charge is -2.43. The van der Waals surface area contributed by atoms with Crippen LogP contribution in [-0.4, -0.2) is 46.8 Å². The van der Waals surface area contributed by atoms with Crippen LogP contribution in [0.1, 0.15) is 39.2 Å². The zero-order chi connectivity index (χ0) is 16.4. The second kappa shape index (κ2) is 9.04. The van der Waals surface area contributed by atoms with Crippen LogP contribution in [0.5, 0.6) is 0 Å². The van der Waals surface area contributed by atoms with Gasteiger partial charge in [0.15, 0.2) is 0 Å². The molecule has 1 amide bonds. The molecule has 0 aliphatic carbocycles. The molecule has 1 aliphatic rings.